The molecule has 0 aliphatic carbocycles. The number of rotatable bonds is 6. The van der Waals surface area contributed by atoms with Crippen molar-refractivity contribution in [1.82, 2.24) is 19.5 Å². The zero-order valence-corrected chi connectivity index (χ0v) is 13.2. The second kappa shape index (κ2) is 6.63. The largest absolute Gasteiger partial charge is 0.388 e. The van der Waals surface area contributed by atoms with Crippen molar-refractivity contribution >= 4 is 25.4 Å². The van der Waals surface area contributed by atoms with Crippen LogP contribution in [0.1, 0.15) is 12.6 Å². The fourth-order valence-electron chi connectivity index (χ4n) is 2.59. The van der Waals surface area contributed by atoms with E-state index < -0.39 is 18.1 Å². The lowest BCUT2D eigenvalue weighted by molar-refractivity contribution is -0.112. The van der Waals surface area contributed by atoms with Crippen LogP contribution in [0.25, 0.3) is 21.6 Å². The van der Waals surface area contributed by atoms with E-state index in [0.29, 0.717) is 11.2 Å². The van der Waals surface area contributed by atoms with Crippen LogP contribution in [0.3, 0.4) is 0 Å². The number of aromatic nitrogens is 4. The molecule has 12 nitrogen and oxygen atoms in total. The minimum atomic E-state index is -1.42. The molecule has 3 heterocycles. The Morgan fingerprint density at radius 1 is 1.62 bits per heavy atom. The number of hydrogen-bond acceptors (Lipinski definition) is 9. The first-order valence-electron chi connectivity index (χ1n) is 6.82. The van der Waals surface area contributed by atoms with Gasteiger partial charge in [-0.15, -0.1) is 0 Å². The SMILES string of the molecule is [N-]=[N+]=NC1(COCP=O)CC(O)C(n2cnc3c(N)ncnc32)O1. The van der Waals surface area contributed by atoms with Crippen LogP contribution in [0.15, 0.2) is 17.8 Å². The maximum absolute atomic E-state index is 10.5. The van der Waals surface area contributed by atoms with E-state index in [1.54, 1.807) is 0 Å². The van der Waals surface area contributed by atoms with Crippen molar-refractivity contribution in [1.29, 1.82) is 0 Å². The van der Waals surface area contributed by atoms with E-state index in [2.05, 4.69) is 25.0 Å². The van der Waals surface area contributed by atoms with Gasteiger partial charge in [-0.25, -0.2) is 15.0 Å². The topological polar surface area (TPSA) is 174 Å². The summed E-state index contributed by atoms with van der Waals surface area (Å²) in [7, 11) is -0.209. The summed E-state index contributed by atoms with van der Waals surface area (Å²) in [6.45, 7) is -0.149. The van der Waals surface area contributed by atoms with Crippen LogP contribution in [0.4, 0.5) is 5.82 Å². The summed E-state index contributed by atoms with van der Waals surface area (Å²) >= 11 is 0. The number of anilines is 1. The smallest absolute Gasteiger partial charge is 0.183 e. The third-order valence-corrected chi connectivity index (χ3v) is 3.85. The molecule has 1 aliphatic rings. The van der Waals surface area contributed by atoms with Gasteiger partial charge in [0.2, 0.25) is 0 Å². The summed E-state index contributed by atoms with van der Waals surface area (Å²) < 4.78 is 22.9. The third kappa shape index (κ3) is 2.88. The molecule has 24 heavy (non-hydrogen) atoms. The van der Waals surface area contributed by atoms with Crippen molar-refractivity contribution in [3.63, 3.8) is 0 Å². The highest BCUT2D eigenvalue weighted by atomic mass is 31.1. The fraction of sp³-hybridized carbons (Fsp3) is 0.545. The first kappa shape index (κ1) is 16.5. The molecule has 0 amide bonds. The van der Waals surface area contributed by atoms with E-state index in [-0.39, 0.29) is 33.7 Å². The molecule has 3 rings (SSSR count). The van der Waals surface area contributed by atoms with E-state index in [1.165, 1.54) is 17.2 Å². The van der Waals surface area contributed by atoms with Gasteiger partial charge in [-0.05, 0) is 5.53 Å². The van der Waals surface area contributed by atoms with Crippen LogP contribution in [-0.4, -0.2) is 49.4 Å². The summed E-state index contributed by atoms with van der Waals surface area (Å²) in [6.07, 6.45) is 0.699. The van der Waals surface area contributed by atoms with Gasteiger partial charge in [0, 0.05) is 11.3 Å². The Bertz CT molecular complexity index is 808. The van der Waals surface area contributed by atoms with E-state index in [4.69, 9.17) is 20.7 Å². The lowest BCUT2D eigenvalue weighted by Crippen LogP contribution is -2.31. The van der Waals surface area contributed by atoms with Gasteiger partial charge in [-0.2, -0.15) is 0 Å². The number of azide groups is 1. The highest BCUT2D eigenvalue weighted by Gasteiger charge is 2.47. The summed E-state index contributed by atoms with van der Waals surface area (Å²) in [6, 6.07) is 0. The zero-order chi connectivity index (χ0) is 17.2. The number of imidazole rings is 1. The van der Waals surface area contributed by atoms with Crippen LogP contribution >= 0.6 is 8.46 Å². The standard InChI is InChI=1S/C11H13N8O4P/c12-8-7-9(15-3-14-8)19(4-16-7)10-6(20)1-11(23-10,17-18-13)2-22-5-24-21/h3-4,6,10,20H,1-2,5H2,(H2,12,14,15). The Kier molecular flexibility index (Phi) is 4.56. The molecule has 1 saturated heterocycles. The fourth-order valence-corrected chi connectivity index (χ4v) is 2.75. The van der Waals surface area contributed by atoms with Crippen LogP contribution < -0.4 is 5.73 Å². The second-order valence-electron chi connectivity index (χ2n) is 5.11. The molecule has 1 aliphatic heterocycles. The lowest BCUT2D eigenvalue weighted by atomic mass is 10.1. The van der Waals surface area contributed by atoms with Gasteiger partial charge in [0.15, 0.2) is 31.9 Å². The van der Waals surface area contributed by atoms with E-state index in [0.717, 1.165) is 0 Å². The number of fused-ring (bicyclic) bond motifs is 1. The maximum Gasteiger partial charge on any atom is 0.183 e. The van der Waals surface area contributed by atoms with Crippen LogP contribution in [0.2, 0.25) is 0 Å². The molecule has 0 spiro atoms. The lowest BCUT2D eigenvalue weighted by Gasteiger charge is -2.23. The van der Waals surface area contributed by atoms with Gasteiger partial charge in [-0.3, -0.25) is 9.13 Å². The van der Waals surface area contributed by atoms with Gasteiger partial charge in [0.1, 0.15) is 24.3 Å². The highest BCUT2D eigenvalue weighted by molar-refractivity contribution is 7.23. The van der Waals surface area contributed by atoms with Gasteiger partial charge in [0.25, 0.3) is 0 Å². The molecule has 3 atom stereocenters. The molecule has 0 aromatic carbocycles. The maximum atomic E-state index is 10.5. The summed E-state index contributed by atoms with van der Waals surface area (Å²) in [5, 5.41) is 14.0. The second-order valence-corrected chi connectivity index (χ2v) is 5.62. The number of ether oxygens (including phenoxy) is 2. The average Bonchev–Trinajstić information content (AvgIpc) is 3.11. The molecule has 3 N–H and O–H groups in total. The molecule has 13 heteroatoms. The molecule has 3 unspecified atom stereocenters. The van der Waals surface area contributed by atoms with Gasteiger partial charge >= 0.3 is 0 Å². The molecule has 2 aromatic rings. The molecule has 0 bridgehead atoms. The normalized spacial score (nSPS) is 26.7. The minimum Gasteiger partial charge on any atom is -0.388 e. The highest BCUT2D eigenvalue weighted by Crippen LogP contribution is 2.39. The minimum absolute atomic E-state index is 0.00227. The molecular formula is C11H13N8O4P. The molecular weight excluding hydrogens is 339 g/mol. The van der Waals surface area contributed by atoms with Crippen molar-refractivity contribution < 1.29 is 19.1 Å². The number of aliphatic hydroxyl groups excluding tert-OH is 1. The molecule has 0 saturated carbocycles. The van der Waals surface area contributed by atoms with Crippen molar-refractivity contribution in [2.24, 2.45) is 5.11 Å². The Morgan fingerprint density at radius 2 is 2.46 bits per heavy atom. The van der Waals surface area contributed by atoms with E-state index in [1.807, 2.05) is 0 Å². The van der Waals surface area contributed by atoms with Gasteiger partial charge < -0.3 is 20.3 Å². The Morgan fingerprint density at radius 3 is 3.21 bits per heavy atom. The van der Waals surface area contributed by atoms with Crippen LogP contribution in [-0.2, 0) is 14.0 Å². The zero-order valence-electron chi connectivity index (χ0n) is 12.3. The Labute approximate surface area is 136 Å². The number of hydrogen-bond donors (Lipinski definition) is 2. The van der Waals surface area contributed by atoms with Crippen LogP contribution in [0, 0.1) is 0 Å². The summed E-state index contributed by atoms with van der Waals surface area (Å²) in [5.74, 6) is 0.199. The van der Waals surface area contributed by atoms with E-state index in [9.17, 15) is 9.67 Å². The van der Waals surface area contributed by atoms with Crippen molar-refractivity contribution in [2.75, 3.05) is 18.7 Å². The van der Waals surface area contributed by atoms with Crippen LogP contribution in [0.5, 0.6) is 0 Å². The average molecular weight is 352 g/mol. The van der Waals surface area contributed by atoms with Crippen molar-refractivity contribution in [2.45, 2.75) is 24.5 Å². The molecule has 1 fully saturated rings. The third-order valence-electron chi connectivity index (χ3n) is 3.56. The monoisotopic (exact) mass is 352 g/mol. The molecule has 0 radical (unpaired) electrons. The number of aliphatic hydroxyl groups is 1. The number of nitrogen functional groups attached to an aromatic ring is 1. The quantitative estimate of drug-likeness (QED) is 0.254. The van der Waals surface area contributed by atoms with Crippen molar-refractivity contribution in [3.8, 4) is 0 Å². The van der Waals surface area contributed by atoms with Gasteiger partial charge in [-0.1, -0.05) is 5.11 Å². The molecule has 2 aromatic heterocycles. The van der Waals surface area contributed by atoms with Gasteiger partial charge in [0.05, 0.1) is 12.9 Å². The van der Waals surface area contributed by atoms with Crippen molar-refractivity contribution in [3.05, 3.63) is 23.1 Å². The Balaban J connectivity index is 1.92. The first-order valence-corrected chi connectivity index (χ1v) is 7.82. The summed E-state index contributed by atoms with van der Waals surface area (Å²) in [5.41, 5.74) is 13.8. The predicted octanol–water partition coefficient (Wildman–Crippen LogP) is 0.961. The number of nitrogens with zero attached hydrogens (tertiary/aromatic N) is 7. The van der Waals surface area contributed by atoms with E-state index >= 15 is 0 Å². The number of nitrogens with two attached hydrogens (primary N) is 1. The molecule has 126 valence electrons. The first-order chi connectivity index (χ1) is 11.6. The predicted molar refractivity (Wildman–Crippen MR) is 80.8 cm³/mol. The summed E-state index contributed by atoms with van der Waals surface area (Å²) in [4.78, 5) is 14.8. The Hall–Kier alpha value is -2.36.